The molecule has 0 saturated heterocycles. The number of nitrogens with two attached hydrogens (primary N) is 1. The number of hydrogen-bond acceptors (Lipinski definition) is 4. The van der Waals surface area contributed by atoms with E-state index in [0.29, 0.717) is 6.54 Å². The van der Waals surface area contributed by atoms with E-state index < -0.39 is 0 Å². The molecule has 0 bridgehead atoms. The van der Waals surface area contributed by atoms with Gasteiger partial charge >= 0.3 is 0 Å². The second-order valence-electron chi connectivity index (χ2n) is 3.87. The highest BCUT2D eigenvalue weighted by Crippen LogP contribution is 2.09. The predicted octanol–water partition coefficient (Wildman–Crippen LogP) is 1.12. The van der Waals surface area contributed by atoms with Gasteiger partial charge in [-0.25, -0.2) is 15.0 Å². The van der Waals surface area contributed by atoms with E-state index in [-0.39, 0.29) is 0 Å². The van der Waals surface area contributed by atoms with Crippen LogP contribution in [0.1, 0.15) is 24.9 Å². The summed E-state index contributed by atoms with van der Waals surface area (Å²) >= 11 is 0. The molecule has 90 valence electrons. The minimum absolute atomic E-state index is 0.587. The maximum absolute atomic E-state index is 5.56. The predicted molar refractivity (Wildman–Crippen MR) is 65.9 cm³/mol. The average molecular weight is 231 g/mol. The fraction of sp³-hybridized carbons (Fsp3) is 0.417. The van der Waals surface area contributed by atoms with Crippen molar-refractivity contribution in [2.75, 3.05) is 6.54 Å². The van der Waals surface area contributed by atoms with Gasteiger partial charge in [0.05, 0.1) is 0 Å². The molecule has 0 atom stereocenters. The van der Waals surface area contributed by atoms with Gasteiger partial charge in [-0.15, -0.1) is 0 Å². The molecule has 5 heteroatoms. The van der Waals surface area contributed by atoms with Crippen molar-refractivity contribution in [3.63, 3.8) is 0 Å². The normalized spacial score (nSPS) is 10.7. The van der Waals surface area contributed by atoms with Gasteiger partial charge in [-0.2, -0.15) is 0 Å². The summed E-state index contributed by atoms with van der Waals surface area (Å²) in [7, 11) is 0. The minimum Gasteiger partial charge on any atom is -0.330 e. The van der Waals surface area contributed by atoms with Crippen LogP contribution in [0.3, 0.4) is 0 Å². The maximum Gasteiger partial charge on any atom is 0.141 e. The van der Waals surface area contributed by atoms with Gasteiger partial charge < -0.3 is 5.73 Å². The molecule has 0 aromatic carbocycles. The van der Waals surface area contributed by atoms with Crippen molar-refractivity contribution in [1.82, 2.24) is 19.5 Å². The molecule has 2 heterocycles. The van der Waals surface area contributed by atoms with E-state index in [2.05, 4.69) is 21.9 Å². The zero-order valence-electron chi connectivity index (χ0n) is 10.0. The van der Waals surface area contributed by atoms with Crippen molar-refractivity contribution in [2.45, 2.75) is 26.2 Å². The van der Waals surface area contributed by atoms with Crippen molar-refractivity contribution in [2.24, 2.45) is 5.73 Å². The van der Waals surface area contributed by atoms with E-state index in [4.69, 9.17) is 5.73 Å². The Kier molecular flexibility index (Phi) is 3.82. The monoisotopic (exact) mass is 231 g/mol. The van der Waals surface area contributed by atoms with E-state index in [1.165, 1.54) is 0 Å². The summed E-state index contributed by atoms with van der Waals surface area (Å²) in [6.07, 6.45) is 8.08. The lowest BCUT2D eigenvalue weighted by Gasteiger charge is -2.07. The van der Waals surface area contributed by atoms with Crippen LogP contribution in [0.15, 0.2) is 24.8 Å². The quantitative estimate of drug-likeness (QED) is 0.837. The molecule has 0 fully saturated rings. The molecule has 2 rings (SSSR count). The summed E-state index contributed by atoms with van der Waals surface area (Å²) < 4.78 is 1.97. The molecule has 0 aliphatic carbocycles. The molecule has 0 saturated carbocycles. The van der Waals surface area contributed by atoms with Gasteiger partial charge in [0.1, 0.15) is 18.0 Å². The van der Waals surface area contributed by atoms with Crippen LogP contribution in [0.5, 0.6) is 0 Å². The van der Waals surface area contributed by atoms with Crippen LogP contribution in [-0.2, 0) is 12.8 Å². The third-order valence-corrected chi connectivity index (χ3v) is 2.55. The van der Waals surface area contributed by atoms with Crippen LogP contribution < -0.4 is 5.73 Å². The lowest BCUT2D eigenvalue weighted by molar-refractivity contribution is 0.807. The Morgan fingerprint density at radius 3 is 2.88 bits per heavy atom. The van der Waals surface area contributed by atoms with Crippen molar-refractivity contribution in [1.29, 1.82) is 0 Å². The molecule has 0 aliphatic heterocycles. The molecule has 0 aliphatic rings. The lowest BCUT2D eigenvalue weighted by atomic mass is 10.2. The Labute approximate surface area is 101 Å². The number of hydrogen-bond donors (Lipinski definition) is 1. The average Bonchev–Trinajstić information content (AvgIpc) is 2.79. The first-order chi connectivity index (χ1) is 8.35. The number of rotatable bonds is 5. The number of nitrogens with zero attached hydrogens (tertiary/aromatic N) is 4. The smallest absolute Gasteiger partial charge is 0.141 e. The summed E-state index contributed by atoms with van der Waals surface area (Å²) in [5, 5.41) is 0. The topological polar surface area (TPSA) is 69.6 Å². The van der Waals surface area contributed by atoms with E-state index in [0.717, 1.165) is 36.6 Å². The van der Waals surface area contributed by atoms with Crippen molar-refractivity contribution >= 4 is 0 Å². The fourth-order valence-corrected chi connectivity index (χ4v) is 1.77. The molecule has 2 N–H and O–H groups in total. The lowest BCUT2D eigenvalue weighted by Crippen LogP contribution is -2.10. The van der Waals surface area contributed by atoms with Crippen LogP contribution in [0.2, 0.25) is 0 Å². The zero-order valence-corrected chi connectivity index (χ0v) is 10.0. The number of aryl methyl sites for hydroxylation is 1. The summed E-state index contributed by atoms with van der Waals surface area (Å²) in [6.45, 7) is 2.72. The van der Waals surface area contributed by atoms with Gasteiger partial charge in [0.25, 0.3) is 0 Å². The highest BCUT2D eigenvalue weighted by atomic mass is 15.1. The molecule has 5 nitrogen and oxygen atoms in total. The Morgan fingerprint density at radius 2 is 2.12 bits per heavy atom. The SMILES string of the molecule is CCCc1cc(-n2ccnc2CCN)ncn1. The van der Waals surface area contributed by atoms with E-state index >= 15 is 0 Å². The van der Waals surface area contributed by atoms with Crippen LogP contribution in [-0.4, -0.2) is 26.1 Å². The molecule has 0 spiro atoms. The molecule has 2 aromatic rings. The van der Waals surface area contributed by atoms with Crippen molar-refractivity contribution in [3.05, 3.63) is 36.3 Å². The van der Waals surface area contributed by atoms with Gasteiger partial charge in [-0.05, 0) is 13.0 Å². The molecular weight excluding hydrogens is 214 g/mol. The molecule has 0 amide bonds. The molecule has 0 radical (unpaired) electrons. The van der Waals surface area contributed by atoms with Crippen LogP contribution in [0.25, 0.3) is 5.82 Å². The van der Waals surface area contributed by atoms with Crippen LogP contribution in [0, 0.1) is 0 Å². The summed E-state index contributed by atoms with van der Waals surface area (Å²) in [4.78, 5) is 12.8. The van der Waals surface area contributed by atoms with E-state index in [1.807, 2.05) is 16.8 Å². The first-order valence-corrected chi connectivity index (χ1v) is 5.88. The Hall–Kier alpha value is -1.75. The number of imidazole rings is 1. The minimum atomic E-state index is 0.587. The van der Waals surface area contributed by atoms with Crippen LogP contribution >= 0.6 is 0 Å². The second kappa shape index (κ2) is 5.54. The maximum atomic E-state index is 5.56. The van der Waals surface area contributed by atoms with Gasteiger partial charge in [-0.1, -0.05) is 13.3 Å². The van der Waals surface area contributed by atoms with E-state index in [9.17, 15) is 0 Å². The Balaban J connectivity index is 2.31. The fourth-order valence-electron chi connectivity index (χ4n) is 1.77. The molecular formula is C12H17N5. The third-order valence-electron chi connectivity index (χ3n) is 2.55. The summed E-state index contributed by atoms with van der Waals surface area (Å²) in [5.74, 6) is 1.80. The van der Waals surface area contributed by atoms with Gasteiger partial charge in [0, 0.05) is 30.6 Å². The van der Waals surface area contributed by atoms with Gasteiger partial charge in [-0.3, -0.25) is 4.57 Å². The summed E-state index contributed by atoms with van der Waals surface area (Å²) in [6, 6.07) is 2.01. The van der Waals surface area contributed by atoms with Gasteiger partial charge in [0.2, 0.25) is 0 Å². The largest absolute Gasteiger partial charge is 0.330 e. The van der Waals surface area contributed by atoms with Crippen molar-refractivity contribution in [3.8, 4) is 5.82 Å². The zero-order chi connectivity index (χ0) is 12.1. The standard InChI is InChI=1S/C12H17N5/c1-2-3-10-8-12(16-9-15-10)17-7-6-14-11(17)4-5-13/h6-9H,2-5,13H2,1H3. The Morgan fingerprint density at radius 1 is 1.24 bits per heavy atom. The highest BCUT2D eigenvalue weighted by molar-refractivity contribution is 5.26. The highest BCUT2D eigenvalue weighted by Gasteiger charge is 2.06. The molecule has 2 aromatic heterocycles. The molecule has 0 unspecified atom stereocenters. The van der Waals surface area contributed by atoms with Crippen molar-refractivity contribution < 1.29 is 0 Å². The third kappa shape index (κ3) is 2.68. The van der Waals surface area contributed by atoms with E-state index in [1.54, 1.807) is 12.5 Å². The number of aromatic nitrogens is 4. The van der Waals surface area contributed by atoms with Gasteiger partial charge in [0.15, 0.2) is 0 Å². The van der Waals surface area contributed by atoms with Crippen LogP contribution in [0.4, 0.5) is 0 Å². The first kappa shape index (κ1) is 11.7. The Bertz CT molecular complexity index is 477. The second-order valence-corrected chi connectivity index (χ2v) is 3.87. The molecule has 17 heavy (non-hydrogen) atoms. The first-order valence-electron chi connectivity index (χ1n) is 5.88. The summed E-state index contributed by atoms with van der Waals surface area (Å²) in [5.41, 5.74) is 6.62.